The quantitative estimate of drug-likeness (QED) is 0.242. The van der Waals surface area contributed by atoms with Crippen LogP contribution in [0.15, 0.2) is 65.1 Å². The Kier molecular flexibility index (Phi) is 8.31. The number of aryl methyl sites for hydroxylation is 1. The van der Waals surface area contributed by atoms with E-state index in [0.29, 0.717) is 39.8 Å². The summed E-state index contributed by atoms with van der Waals surface area (Å²) in [5, 5.41) is 0.525. The fourth-order valence-corrected chi connectivity index (χ4v) is 3.54. The van der Waals surface area contributed by atoms with Gasteiger partial charge in [0.15, 0.2) is 23.9 Å². The molecule has 0 spiro atoms. The number of Topliss-reactive ketones (excluding diaryl/α,β-unsaturated/α-hetero) is 1. The zero-order valence-electron chi connectivity index (χ0n) is 17.7. The second kappa shape index (κ2) is 11.2. The number of rotatable bonds is 9. The van der Waals surface area contributed by atoms with Gasteiger partial charge in [-0.2, -0.15) is 0 Å². The number of hydrogen-bond donors (Lipinski definition) is 0. The highest BCUT2D eigenvalue weighted by atomic mass is 79.9. The predicted molar refractivity (Wildman–Crippen MR) is 127 cm³/mol. The van der Waals surface area contributed by atoms with Crippen molar-refractivity contribution in [2.45, 2.75) is 20.5 Å². The highest BCUT2D eigenvalue weighted by Crippen LogP contribution is 2.37. The van der Waals surface area contributed by atoms with E-state index in [0.717, 1.165) is 5.56 Å². The van der Waals surface area contributed by atoms with E-state index in [4.69, 9.17) is 25.8 Å². The molecule has 0 N–H and O–H groups in total. The number of hydrogen-bond acceptors (Lipinski definition) is 5. The third-order valence-corrected chi connectivity index (χ3v) is 5.39. The topological polar surface area (TPSA) is 61.8 Å². The second-order valence-corrected chi connectivity index (χ2v) is 8.29. The first-order chi connectivity index (χ1) is 15.4. The summed E-state index contributed by atoms with van der Waals surface area (Å²) >= 11 is 9.28. The summed E-state index contributed by atoms with van der Waals surface area (Å²) in [6.07, 6.45) is 0. The lowest BCUT2D eigenvalue weighted by atomic mass is 10.1. The van der Waals surface area contributed by atoms with Crippen molar-refractivity contribution in [2.24, 2.45) is 0 Å². The third-order valence-electron chi connectivity index (χ3n) is 4.55. The summed E-state index contributed by atoms with van der Waals surface area (Å²) in [7, 11) is 0. The van der Waals surface area contributed by atoms with Crippen molar-refractivity contribution in [3.05, 3.63) is 92.4 Å². The Labute approximate surface area is 200 Å². The zero-order chi connectivity index (χ0) is 23.1. The van der Waals surface area contributed by atoms with Gasteiger partial charge < -0.3 is 14.2 Å². The van der Waals surface area contributed by atoms with Gasteiger partial charge in [-0.05, 0) is 71.7 Å². The van der Waals surface area contributed by atoms with Crippen molar-refractivity contribution < 1.29 is 23.8 Å². The van der Waals surface area contributed by atoms with Gasteiger partial charge in [0.1, 0.15) is 6.61 Å². The predicted octanol–water partition coefficient (Wildman–Crippen LogP) is 6.43. The van der Waals surface area contributed by atoms with Gasteiger partial charge in [-0.15, -0.1) is 0 Å². The van der Waals surface area contributed by atoms with E-state index in [1.165, 1.54) is 5.56 Å². The van der Waals surface area contributed by atoms with Crippen molar-refractivity contribution in [2.75, 3.05) is 13.2 Å². The Morgan fingerprint density at radius 2 is 1.62 bits per heavy atom. The van der Waals surface area contributed by atoms with E-state index < -0.39 is 5.97 Å². The molecular weight excluding hydrogens is 496 g/mol. The average Bonchev–Trinajstić information content (AvgIpc) is 2.78. The summed E-state index contributed by atoms with van der Waals surface area (Å²) < 4.78 is 17.4. The Morgan fingerprint density at radius 1 is 0.938 bits per heavy atom. The monoisotopic (exact) mass is 516 g/mol. The average molecular weight is 518 g/mol. The van der Waals surface area contributed by atoms with Crippen LogP contribution in [-0.2, 0) is 11.3 Å². The van der Waals surface area contributed by atoms with E-state index in [1.807, 2.05) is 38.1 Å². The first-order valence-electron chi connectivity index (χ1n) is 9.98. The van der Waals surface area contributed by atoms with E-state index >= 15 is 0 Å². The highest BCUT2D eigenvalue weighted by Gasteiger charge is 2.18. The Hall–Kier alpha value is -2.83. The van der Waals surface area contributed by atoms with Gasteiger partial charge >= 0.3 is 5.97 Å². The minimum absolute atomic E-state index is 0.243. The van der Waals surface area contributed by atoms with E-state index in [-0.39, 0.29) is 18.0 Å². The smallest absolute Gasteiger partial charge is 0.338 e. The van der Waals surface area contributed by atoms with Crippen molar-refractivity contribution in [3.63, 3.8) is 0 Å². The molecule has 3 aromatic rings. The molecule has 0 saturated carbocycles. The van der Waals surface area contributed by atoms with Crippen LogP contribution in [0.25, 0.3) is 0 Å². The van der Waals surface area contributed by atoms with Crippen LogP contribution >= 0.6 is 27.5 Å². The molecule has 0 fully saturated rings. The lowest BCUT2D eigenvalue weighted by Gasteiger charge is -2.15. The Morgan fingerprint density at radius 3 is 2.28 bits per heavy atom. The van der Waals surface area contributed by atoms with Gasteiger partial charge in [-0.1, -0.05) is 41.4 Å². The maximum atomic E-state index is 12.6. The first kappa shape index (κ1) is 23.8. The number of carbonyl (C=O) groups excluding carboxylic acids is 2. The van der Waals surface area contributed by atoms with Crippen LogP contribution in [0.2, 0.25) is 5.02 Å². The molecule has 5 nitrogen and oxygen atoms in total. The lowest BCUT2D eigenvalue weighted by molar-refractivity contribution is 0.0474. The van der Waals surface area contributed by atoms with Gasteiger partial charge in [0.2, 0.25) is 0 Å². The molecule has 3 aromatic carbocycles. The number of carbonyl (C=O) groups is 2. The minimum atomic E-state index is -0.640. The van der Waals surface area contributed by atoms with E-state index in [2.05, 4.69) is 15.9 Å². The molecular formula is C25H22BrClO5. The standard InChI is InChI=1S/C25H22BrClO5/c1-3-30-23-13-19(25(29)32-15-22(28)18-8-10-20(27)11-9-18)12-21(26)24(23)31-14-17-6-4-16(2)5-7-17/h4-13H,3,14-15H2,1-2H3. The van der Waals surface area contributed by atoms with Crippen molar-refractivity contribution in [3.8, 4) is 11.5 Å². The minimum Gasteiger partial charge on any atom is -0.490 e. The number of halogens is 2. The van der Waals surface area contributed by atoms with Gasteiger partial charge in [-0.25, -0.2) is 4.79 Å². The maximum absolute atomic E-state index is 12.6. The van der Waals surface area contributed by atoms with Crippen LogP contribution in [0.4, 0.5) is 0 Å². The lowest BCUT2D eigenvalue weighted by Crippen LogP contribution is -2.14. The van der Waals surface area contributed by atoms with Crippen molar-refractivity contribution >= 4 is 39.3 Å². The van der Waals surface area contributed by atoms with Gasteiger partial charge in [-0.3, -0.25) is 4.79 Å². The summed E-state index contributed by atoms with van der Waals surface area (Å²) in [5.41, 5.74) is 2.83. The summed E-state index contributed by atoms with van der Waals surface area (Å²) in [5.74, 6) is -0.0672. The molecule has 0 amide bonds. The van der Waals surface area contributed by atoms with Crippen LogP contribution in [0.5, 0.6) is 11.5 Å². The summed E-state index contributed by atoms with van der Waals surface area (Å²) in [4.78, 5) is 24.8. The van der Waals surface area contributed by atoms with Crippen LogP contribution in [0, 0.1) is 6.92 Å². The van der Waals surface area contributed by atoms with Gasteiger partial charge in [0.05, 0.1) is 16.6 Å². The number of benzene rings is 3. The molecule has 32 heavy (non-hydrogen) atoms. The van der Waals surface area contributed by atoms with Gasteiger partial charge in [0.25, 0.3) is 0 Å². The SMILES string of the molecule is CCOc1cc(C(=O)OCC(=O)c2ccc(Cl)cc2)cc(Br)c1OCc1ccc(C)cc1. The number of esters is 1. The molecule has 0 aliphatic rings. The molecule has 3 rings (SSSR count). The molecule has 0 aliphatic heterocycles. The van der Waals surface area contributed by atoms with Gasteiger partial charge in [0, 0.05) is 10.6 Å². The molecule has 166 valence electrons. The van der Waals surface area contributed by atoms with Crippen LogP contribution in [0.3, 0.4) is 0 Å². The normalized spacial score (nSPS) is 10.5. The second-order valence-electron chi connectivity index (χ2n) is 7.00. The summed E-state index contributed by atoms with van der Waals surface area (Å²) in [6, 6.07) is 17.5. The maximum Gasteiger partial charge on any atom is 0.338 e. The highest BCUT2D eigenvalue weighted by molar-refractivity contribution is 9.10. The Bertz CT molecular complexity index is 1090. The molecule has 0 aliphatic carbocycles. The molecule has 0 saturated heterocycles. The van der Waals surface area contributed by atoms with Crippen LogP contribution < -0.4 is 9.47 Å². The molecule has 0 radical (unpaired) electrons. The number of ether oxygens (including phenoxy) is 3. The van der Waals surface area contributed by atoms with E-state index in [1.54, 1.807) is 36.4 Å². The third kappa shape index (κ3) is 6.34. The van der Waals surface area contributed by atoms with Crippen LogP contribution in [-0.4, -0.2) is 25.0 Å². The largest absolute Gasteiger partial charge is 0.490 e. The molecule has 0 bridgehead atoms. The number of ketones is 1. The Balaban J connectivity index is 1.70. The molecule has 0 atom stereocenters. The van der Waals surface area contributed by atoms with Crippen molar-refractivity contribution in [1.29, 1.82) is 0 Å². The fourth-order valence-electron chi connectivity index (χ4n) is 2.86. The fraction of sp³-hybridized carbons (Fsp3) is 0.200. The molecule has 0 aromatic heterocycles. The summed E-state index contributed by atoms with van der Waals surface area (Å²) in [6.45, 7) is 4.22. The molecule has 7 heteroatoms. The van der Waals surface area contributed by atoms with Crippen molar-refractivity contribution in [1.82, 2.24) is 0 Å². The molecule has 0 unspecified atom stereocenters. The van der Waals surface area contributed by atoms with E-state index in [9.17, 15) is 9.59 Å². The molecule has 0 heterocycles. The van der Waals surface area contributed by atoms with Crippen LogP contribution in [0.1, 0.15) is 38.8 Å². The first-order valence-corrected chi connectivity index (χ1v) is 11.1. The zero-order valence-corrected chi connectivity index (χ0v) is 20.0.